The Bertz CT molecular complexity index is 288. The first-order chi connectivity index (χ1) is 7.45. The number of fused-ring (bicyclic) bond motifs is 3. The molecule has 0 aromatic heterocycles. The van der Waals surface area contributed by atoms with Crippen molar-refractivity contribution in [2.45, 2.75) is 51.0 Å². The van der Waals surface area contributed by atoms with Crippen molar-refractivity contribution in [3.05, 3.63) is 13.0 Å². The quantitative estimate of drug-likeness (QED) is 0.711. The van der Waals surface area contributed by atoms with Crippen LogP contribution in [0.15, 0.2) is 0 Å². The van der Waals surface area contributed by atoms with Gasteiger partial charge in [0.1, 0.15) is 0 Å². The second-order valence-corrected chi connectivity index (χ2v) is 6.07. The number of ketones is 1. The number of hydrogen-bond acceptors (Lipinski definition) is 2. The Kier molecular flexibility index (Phi) is 3.33. The monoisotopic (exact) mass is 242 g/mol. The Hall–Kier alpha value is -0.0800. The largest absolute Gasteiger partial charge is 0.359 e. The van der Waals surface area contributed by atoms with Gasteiger partial charge in [-0.2, -0.15) is 0 Å². The summed E-state index contributed by atoms with van der Waals surface area (Å²) in [6.45, 7) is 7.69. The summed E-state index contributed by atoms with van der Waals surface area (Å²) in [5.74, 6) is 0.367. The number of ether oxygens (including phenoxy) is 1. The fourth-order valence-corrected chi connectivity index (χ4v) is 2.80. The van der Waals surface area contributed by atoms with Crippen LogP contribution in [0.5, 0.6) is 0 Å². The predicted octanol–water partition coefficient (Wildman–Crippen LogP) is 3.14. The van der Waals surface area contributed by atoms with Gasteiger partial charge in [-0.15, -0.1) is 11.6 Å². The van der Waals surface area contributed by atoms with Gasteiger partial charge in [-0.05, 0) is 25.7 Å². The zero-order chi connectivity index (χ0) is 11.9. The summed E-state index contributed by atoms with van der Waals surface area (Å²) < 4.78 is 5.75. The molecule has 2 radical (unpaired) electrons. The fraction of sp³-hybridized carbons (Fsp3) is 0.769. The molecule has 3 aliphatic rings. The van der Waals surface area contributed by atoms with Gasteiger partial charge in [-0.1, -0.05) is 20.8 Å². The van der Waals surface area contributed by atoms with Crippen LogP contribution < -0.4 is 0 Å². The number of Topliss-reactive ketones (excluding diaryl/α,β-unsaturated/α-hetero) is 1. The molecule has 3 rings (SSSR count). The molecular formula is C13H19ClO2. The number of alkyl halides is 1. The zero-order valence-electron chi connectivity index (χ0n) is 9.96. The molecule has 0 spiro atoms. The van der Waals surface area contributed by atoms with E-state index in [1.807, 2.05) is 13.8 Å². The second-order valence-electron chi connectivity index (χ2n) is 5.51. The highest BCUT2D eigenvalue weighted by atomic mass is 35.5. The molecule has 3 fully saturated rings. The van der Waals surface area contributed by atoms with Gasteiger partial charge in [0.2, 0.25) is 0 Å². The summed E-state index contributed by atoms with van der Waals surface area (Å²) in [6.07, 6.45) is 4.23. The summed E-state index contributed by atoms with van der Waals surface area (Å²) in [7, 11) is 0. The molecule has 3 heteroatoms. The first-order valence-electron chi connectivity index (χ1n) is 5.97. The van der Waals surface area contributed by atoms with E-state index >= 15 is 0 Å². The summed E-state index contributed by atoms with van der Waals surface area (Å²) >= 11 is 6.17. The average Bonchev–Trinajstić information content (AvgIpc) is 2.28. The SMILES string of the molecule is [CH2]CC(C)(C)C(=O)[C]1OC2CCC1CC2Cl. The molecule has 0 N–H and O–H groups in total. The van der Waals surface area contributed by atoms with Gasteiger partial charge >= 0.3 is 0 Å². The summed E-state index contributed by atoms with van der Waals surface area (Å²) in [5.41, 5.74) is -0.408. The van der Waals surface area contributed by atoms with E-state index in [-0.39, 0.29) is 23.2 Å². The summed E-state index contributed by atoms with van der Waals surface area (Å²) in [5, 5.41) is 0.0816. The maximum absolute atomic E-state index is 12.3. The second kappa shape index (κ2) is 4.30. The molecule has 2 aliphatic heterocycles. The van der Waals surface area contributed by atoms with Crippen LogP contribution in [0.3, 0.4) is 0 Å². The standard InChI is InChI=1S/C13H19ClO2/c1-4-13(2,3)12(15)11-8-5-6-10(16-11)9(14)7-8/h8-10H,1,4-7H2,2-3H3. The first kappa shape index (κ1) is 12.4. The minimum Gasteiger partial charge on any atom is -0.359 e. The van der Waals surface area contributed by atoms with Crippen LogP contribution in [0, 0.1) is 24.4 Å². The van der Waals surface area contributed by atoms with Crippen molar-refractivity contribution in [1.82, 2.24) is 0 Å². The van der Waals surface area contributed by atoms with E-state index in [0.29, 0.717) is 12.5 Å². The van der Waals surface area contributed by atoms with E-state index in [9.17, 15) is 4.79 Å². The van der Waals surface area contributed by atoms with Crippen LogP contribution in [0.4, 0.5) is 0 Å². The molecule has 2 saturated heterocycles. The summed E-state index contributed by atoms with van der Waals surface area (Å²) in [6, 6.07) is 0. The maximum atomic E-state index is 12.3. The number of halogens is 1. The Balaban J connectivity index is 2.10. The van der Waals surface area contributed by atoms with Crippen LogP contribution >= 0.6 is 11.6 Å². The molecule has 0 aromatic carbocycles. The van der Waals surface area contributed by atoms with Gasteiger partial charge < -0.3 is 4.74 Å². The normalized spacial score (nSPS) is 35.4. The maximum Gasteiger partial charge on any atom is 0.173 e. The van der Waals surface area contributed by atoms with Gasteiger partial charge in [0.05, 0.1) is 11.5 Å². The molecule has 1 aliphatic carbocycles. The van der Waals surface area contributed by atoms with E-state index in [4.69, 9.17) is 16.3 Å². The molecule has 2 bridgehead atoms. The van der Waals surface area contributed by atoms with Crippen LogP contribution in [-0.2, 0) is 9.53 Å². The van der Waals surface area contributed by atoms with E-state index in [1.165, 1.54) is 0 Å². The van der Waals surface area contributed by atoms with E-state index in [0.717, 1.165) is 19.3 Å². The Labute approximate surface area is 103 Å². The third-order valence-electron chi connectivity index (χ3n) is 3.83. The third-order valence-corrected chi connectivity index (χ3v) is 4.28. The number of hydrogen-bond donors (Lipinski definition) is 0. The van der Waals surface area contributed by atoms with Gasteiger partial charge in [0.15, 0.2) is 11.9 Å². The van der Waals surface area contributed by atoms with E-state index in [1.54, 1.807) is 0 Å². The van der Waals surface area contributed by atoms with Crippen molar-refractivity contribution in [2.75, 3.05) is 0 Å². The summed E-state index contributed by atoms with van der Waals surface area (Å²) in [4.78, 5) is 12.3. The number of rotatable bonds is 3. The fourth-order valence-electron chi connectivity index (χ4n) is 2.40. The lowest BCUT2D eigenvalue weighted by Crippen LogP contribution is -2.48. The lowest BCUT2D eigenvalue weighted by atomic mass is 9.72. The van der Waals surface area contributed by atoms with Crippen molar-refractivity contribution in [3.8, 4) is 0 Å². The molecule has 3 unspecified atom stereocenters. The van der Waals surface area contributed by atoms with Gasteiger partial charge in [-0.25, -0.2) is 0 Å². The van der Waals surface area contributed by atoms with Crippen molar-refractivity contribution < 1.29 is 9.53 Å². The average molecular weight is 243 g/mol. The number of carbonyl (C=O) groups excluding carboxylic acids is 1. The molecular weight excluding hydrogens is 224 g/mol. The zero-order valence-corrected chi connectivity index (χ0v) is 10.7. The van der Waals surface area contributed by atoms with Crippen molar-refractivity contribution in [2.24, 2.45) is 11.3 Å². The lowest BCUT2D eigenvalue weighted by molar-refractivity contribution is -0.143. The van der Waals surface area contributed by atoms with Gasteiger partial charge in [0.25, 0.3) is 0 Å². The molecule has 90 valence electrons. The Morgan fingerprint density at radius 1 is 1.56 bits per heavy atom. The first-order valence-corrected chi connectivity index (χ1v) is 6.41. The highest BCUT2D eigenvalue weighted by Crippen LogP contribution is 2.46. The third kappa shape index (κ3) is 2.02. The topological polar surface area (TPSA) is 26.3 Å². The molecule has 0 aromatic rings. The van der Waals surface area contributed by atoms with Crippen molar-refractivity contribution in [3.63, 3.8) is 0 Å². The van der Waals surface area contributed by atoms with Crippen molar-refractivity contribution >= 4 is 17.4 Å². The minimum atomic E-state index is -0.408. The minimum absolute atomic E-state index is 0.0474. The van der Waals surface area contributed by atoms with E-state index < -0.39 is 5.41 Å². The molecule has 3 atom stereocenters. The molecule has 2 heterocycles. The van der Waals surface area contributed by atoms with Gasteiger partial charge in [0, 0.05) is 11.3 Å². The van der Waals surface area contributed by atoms with Crippen LogP contribution in [0.1, 0.15) is 39.5 Å². The molecule has 0 amide bonds. The van der Waals surface area contributed by atoms with Crippen LogP contribution in [0.25, 0.3) is 0 Å². The Morgan fingerprint density at radius 3 is 2.69 bits per heavy atom. The molecule has 2 nitrogen and oxygen atoms in total. The van der Waals surface area contributed by atoms with Crippen LogP contribution in [-0.4, -0.2) is 17.3 Å². The lowest BCUT2D eigenvalue weighted by Gasteiger charge is -2.45. The predicted molar refractivity (Wildman–Crippen MR) is 63.9 cm³/mol. The molecule has 1 saturated carbocycles. The highest BCUT2D eigenvalue weighted by molar-refractivity contribution is 6.21. The van der Waals surface area contributed by atoms with E-state index in [2.05, 4.69) is 6.92 Å². The highest BCUT2D eigenvalue weighted by Gasteiger charge is 2.48. The van der Waals surface area contributed by atoms with Crippen LogP contribution in [0.2, 0.25) is 0 Å². The molecule has 16 heavy (non-hydrogen) atoms. The number of carbonyl (C=O) groups is 1. The Morgan fingerprint density at radius 2 is 2.25 bits per heavy atom. The van der Waals surface area contributed by atoms with Gasteiger partial charge in [-0.3, -0.25) is 4.79 Å². The van der Waals surface area contributed by atoms with Crippen molar-refractivity contribution in [1.29, 1.82) is 0 Å². The smallest absolute Gasteiger partial charge is 0.173 e.